The number of nitrogens with one attached hydrogen (secondary N) is 1. The number of phenols is 1. The third-order valence-corrected chi connectivity index (χ3v) is 5.56. The van der Waals surface area contributed by atoms with Crippen LogP contribution in [0.1, 0.15) is 26.7 Å². The second kappa shape index (κ2) is 9.25. The first-order chi connectivity index (χ1) is 15.0. The van der Waals surface area contributed by atoms with Crippen LogP contribution in [-0.2, 0) is 4.74 Å². The Balaban J connectivity index is 1.53. The lowest BCUT2D eigenvalue weighted by Gasteiger charge is -2.34. The molecule has 0 atom stereocenters. The molecule has 6 nitrogen and oxygen atoms in total. The van der Waals surface area contributed by atoms with Gasteiger partial charge in [0.2, 0.25) is 0 Å². The second-order valence-corrected chi connectivity index (χ2v) is 8.47. The van der Waals surface area contributed by atoms with Crippen molar-refractivity contribution in [2.45, 2.75) is 32.7 Å². The minimum atomic E-state index is -0.336. The summed E-state index contributed by atoms with van der Waals surface area (Å²) < 4.78 is 5.25. The lowest BCUT2D eigenvalue weighted by molar-refractivity contribution is 0.128. The van der Waals surface area contributed by atoms with Gasteiger partial charge in [-0.15, -0.1) is 0 Å². The predicted molar refractivity (Wildman–Crippen MR) is 123 cm³/mol. The number of amides is 1. The maximum atomic E-state index is 12.0. The highest BCUT2D eigenvalue weighted by Crippen LogP contribution is 2.34. The summed E-state index contributed by atoms with van der Waals surface area (Å²) in [6, 6.07) is 17.6. The van der Waals surface area contributed by atoms with Crippen molar-refractivity contribution >= 4 is 22.7 Å². The molecule has 0 bridgehead atoms. The van der Waals surface area contributed by atoms with Crippen LogP contribution in [0.3, 0.4) is 0 Å². The Morgan fingerprint density at radius 3 is 2.61 bits per heavy atom. The number of hydrogen-bond acceptors (Lipinski definition) is 5. The molecule has 1 aliphatic rings. The van der Waals surface area contributed by atoms with Gasteiger partial charge in [-0.2, -0.15) is 0 Å². The van der Waals surface area contributed by atoms with Crippen molar-refractivity contribution in [1.82, 2.24) is 10.3 Å². The molecule has 1 fully saturated rings. The number of aromatic nitrogens is 1. The predicted octanol–water partition coefficient (Wildman–Crippen LogP) is 4.96. The number of hydrogen-bond donors (Lipinski definition) is 2. The van der Waals surface area contributed by atoms with Crippen LogP contribution < -0.4 is 10.2 Å². The molecule has 1 saturated heterocycles. The molecule has 0 unspecified atom stereocenters. The number of anilines is 1. The third-order valence-electron chi connectivity index (χ3n) is 5.56. The highest BCUT2D eigenvalue weighted by Gasteiger charge is 2.24. The van der Waals surface area contributed by atoms with Crippen molar-refractivity contribution in [2.24, 2.45) is 5.92 Å². The van der Waals surface area contributed by atoms with E-state index in [-0.39, 0.29) is 17.9 Å². The van der Waals surface area contributed by atoms with Crippen molar-refractivity contribution in [3.05, 3.63) is 54.6 Å². The Morgan fingerprint density at radius 2 is 1.87 bits per heavy atom. The first-order valence-electron chi connectivity index (χ1n) is 10.9. The molecule has 2 N–H and O–H groups in total. The van der Waals surface area contributed by atoms with Gasteiger partial charge in [-0.25, -0.2) is 9.78 Å². The van der Waals surface area contributed by atoms with Gasteiger partial charge in [-0.3, -0.25) is 0 Å². The number of rotatable bonds is 5. The second-order valence-electron chi connectivity index (χ2n) is 8.47. The number of pyridine rings is 1. The lowest BCUT2D eigenvalue weighted by atomic mass is 10.0. The number of aromatic hydroxyl groups is 1. The summed E-state index contributed by atoms with van der Waals surface area (Å²) in [6.07, 6.45) is 1.32. The van der Waals surface area contributed by atoms with Gasteiger partial charge >= 0.3 is 6.09 Å². The summed E-state index contributed by atoms with van der Waals surface area (Å²) in [6.45, 7) is 6.05. The molecular weight excluding hydrogens is 390 g/mol. The van der Waals surface area contributed by atoms with Gasteiger partial charge in [-0.1, -0.05) is 50.2 Å². The Morgan fingerprint density at radius 1 is 1.16 bits per heavy atom. The summed E-state index contributed by atoms with van der Waals surface area (Å²) in [4.78, 5) is 19.2. The Bertz CT molecular complexity index is 1060. The van der Waals surface area contributed by atoms with Crippen molar-refractivity contribution in [3.8, 4) is 17.0 Å². The first kappa shape index (κ1) is 21.0. The van der Waals surface area contributed by atoms with Crippen LogP contribution in [0, 0.1) is 5.92 Å². The molecule has 4 rings (SSSR count). The molecule has 31 heavy (non-hydrogen) atoms. The summed E-state index contributed by atoms with van der Waals surface area (Å²) in [5, 5.41) is 15.5. The number of piperidine rings is 1. The summed E-state index contributed by atoms with van der Waals surface area (Å²) in [5.74, 6) is 1.46. The molecule has 6 heteroatoms. The highest BCUT2D eigenvalue weighted by molar-refractivity contribution is 5.95. The van der Waals surface area contributed by atoms with E-state index in [2.05, 4.69) is 22.3 Å². The number of carbonyl (C=O) groups is 1. The van der Waals surface area contributed by atoms with Gasteiger partial charge < -0.3 is 20.1 Å². The van der Waals surface area contributed by atoms with E-state index in [0.717, 1.165) is 53.8 Å². The van der Waals surface area contributed by atoms with Gasteiger partial charge in [0, 0.05) is 30.1 Å². The monoisotopic (exact) mass is 419 g/mol. The van der Waals surface area contributed by atoms with Crippen molar-refractivity contribution < 1.29 is 14.6 Å². The number of carbonyl (C=O) groups excluding carboxylic acids is 1. The zero-order valence-corrected chi connectivity index (χ0v) is 18.0. The molecule has 0 aliphatic carbocycles. The number of fused-ring (bicyclic) bond motifs is 1. The van der Waals surface area contributed by atoms with E-state index in [0.29, 0.717) is 12.5 Å². The van der Waals surface area contributed by atoms with Crippen LogP contribution in [0.15, 0.2) is 54.6 Å². The summed E-state index contributed by atoms with van der Waals surface area (Å²) in [5.41, 5.74) is 1.48. The molecule has 0 saturated carbocycles. The fourth-order valence-electron chi connectivity index (χ4n) is 3.94. The molecule has 1 aliphatic heterocycles. The number of nitrogens with zero attached hydrogens (tertiary/aromatic N) is 2. The van der Waals surface area contributed by atoms with E-state index in [4.69, 9.17) is 9.72 Å². The zero-order valence-electron chi connectivity index (χ0n) is 18.0. The molecular formula is C25H29N3O3. The molecule has 1 aromatic heterocycles. The minimum Gasteiger partial charge on any atom is -0.507 e. The fraction of sp³-hybridized carbons (Fsp3) is 0.360. The molecule has 0 radical (unpaired) electrons. The largest absolute Gasteiger partial charge is 0.507 e. The number of para-hydroxylation sites is 1. The minimum absolute atomic E-state index is 0.100. The number of alkyl carbamates (subject to hydrolysis) is 1. The van der Waals surface area contributed by atoms with E-state index in [9.17, 15) is 9.90 Å². The lowest BCUT2D eigenvalue weighted by Crippen LogP contribution is -2.45. The van der Waals surface area contributed by atoms with E-state index in [1.807, 2.05) is 50.2 Å². The molecule has 2 aromatic carbocycles. The van der Waals surface area contributed by atoms with Crippen LogP contribution >= 0.6 is 0 Å². The Labute approximate surface area is 182 Å². The van der Waals surface area contributed by atoms with Gasteiger partial charge in [0.25, 0.3) is 0 Å². The molecule has 2 heterocycles. The van der Waals surface area contributed by atoms with Gasteiger partial charge in [0.05, 0.1) is 12.3 Å². The molecule has 162 valence electrons. The van der Waals surface area contributed by atoms with Gasteiger partial charge in [0.1, 0.15) is 11.6 Å². The normalized spacial score (nSPS) is 14.7. The van der Waals surface area contributed by atoms with E-state index in [1.54, 1.807) is 6.07 Å². The van der Waals surface area contributed by atoms with Crippen LogP contribution in [0.4, 0.5) is 10.6 Å². The standard InChI is InChI=1S/C25H29N3O3/c1-17(2)16-31-25(30)26-19-11-13-28(14-12-19)24-20-8-4-3-7-18(20)15-22(27-24)21-9-5-6-10-23(21)29/h3-10,15,17,19,29H,11-14,16H2,1-2H3,(H,26,30). The SMILES string of the molecule is CC(C)COC(=O)NC1CCN(c2nc(-c3ccccc3O)cc3ccccc23)CC1. The molecule has 3 aromatic rings. The Kier molecular flexibility index (Phi) is 6.26. The quantitative estimate of drug-likeness (QED) is 0.611. The first-order valence-corrected chi connectivity index (χ1v) is 10.9. The maximum Gasteiger partial charge on any atom is 0.407 e. The zero-order chi connectivity index (χ0) is 21.8. The van der Waals surface area contributed by atoms with E-state index >= 15 is 0 Å². The van der Waals surface area contributed by atoms with Gasteiger partial charge in [-0.05, 0) is 42.3 Å². The van der Waals surface area contributed by atoms with Gasteiger partial charge in [0.15, 0.2) is 0 Å². The average molecular weight is 420 g/mol. The summed E-state index contributed by atoms with van der Waals surface area (Å²) >= 11 is 0. The average Bonchev–Trinajstić information content (AvgIpc) is 2.78. The maximum absolute atomic E-state index is 12.0. The molecule has 1 amide bonds. The molecule has 0 spiro atoms. The third kappa shape index (κ3) is 4.90. The number of ether oxygens (including phenoxy) is 1. The topological polar surface area (TPSA) is 74.7 Å². The smallest absolute Gasteiger partial charge is 0.407 e. The highest BCUT2D eigenvalue weighted by atomic mass is 16.5. The van der Waals surface area contributed by atoms with Crippen LogP contribution in [0.2, 0.25) is 0 Å². The van der Waals surface area contributed by atoms with E-state index in [1.165, 1.54) is 0 Å². The van der Waals surface area contributed by atoms with Crippen molar-refractivity contribution in [1.29, 1.82) is 0 Å². The van der Waals surface area contributed by atoms with Crippen molar-refractivity contribution in [2.75, 3.05) is 24.6 Å². The Hall–Kier alpha value is -3.28. The van der Waals surface area contributed by atoms with Crippen molar-refractivity contribution in [3.63, 3.8) is 0 Å². The van der Waals surface area contributed by atoms with Crippen LogP contribution in [0.25, 0.3) is 22.0 Å². The number of benzene rings is 2. The van der Waals surface area contributed by atoms with Crippen LogP contribution in [-0.4, -0.2) is 41.9 Å². The summed E-state index contributed by atoms with van der Waals surface area (Å²) in [7, 11) is 0. The van der Waals surface area contributed by atoms with Crippen LogP contribution in [0.5, 0.6) is 5.75 Å². The fourth-order valence-corrected chi connectivity index (χ4v) is 3.94. The number of phenolic OH excluding ortho intramolecular Hbond substituents is 1. The van der Waals surface area contributed by atoms with E-state index < -0.39 is 0 Å².